The van der Waals surface area contributed by atoms with Crippen LogP contribution >= 0.6 is 0 Å². The van der Waals surface area contributed by atoms with Crippen molar-refractivity contribution in [1.82, 2.24) is 0 Å². The molecule has 23 heavy (non-hydrogen) atoms. The summed E-state index contributed by atoms with van der Waals surface area (Å²) in [7, 11) is 0. The van der Waals surface area contributed by atoms with Crippen LogP contribution in [0.1, 0.15) is 37.5 Å². The summed E-state index contributed by atoms with van der Waals surface area (Å²) in [4.78, 5) is 11.5. The molecule has 0 aliphatic heterocycles. The average molecular weight is 312 g/mol. The lowest BCUT2D eigenvalue weighted by Crippen LogP contribution is -2.29. The Morgan fingerprint density at radius 1 is 1.09 bits per heavy atom. The van der Waals surface area contributed by atoms with E-state index in [1.54, 1.807) is 0 Å². The summed E-state index contributed by atoms with van der Waals surface area (Å²) < 4.78 is 5.70. The molecule has 122 valence electrons. The van der Waals surface area contributed by atoms with Crippen LogP contribution in [0, 0.1) is 6.92 Å². The third-order valence-corrected chi connectivity index (χ3v) is 3.94. The van der Waals surface area contributed by atoms with Crippen molar-refractivity contribution in [2.75, 3.05) is 0 Å². The van der Waals surface area contributed by atoms with E-state index < -0.39 is 12.1 Å². The molecule has 0 aliphatic carbocycles. The lowest BCUT2D eigenvalue weighted by atomic mass is 9.87. The lowest BCUT2D eigenvalue weighted by molar-refractivity contribution is -0.145. The van der Waals surface area contributed by atoms with Crippen LogP contribution in [0.3, 0.4) is 0 Å². The fourth-order valence-electron chi connectivity index (χ4n) is 2.42. The van der Waals surface area contributed by atoms with E-state index in [4.69, 9.17) is 4.74 Å². The highest BCUT2D eigenvalue weighted by molar-refractivity contribution is 5.73. The maximum absolute atomic E-state index is 11.5. The molecule has 0 saturated carbocycles. The molecule has 2 aromatic rings. The molecule has 2 rings (SSSR count). The first-order valence-corrected chi connectivity index (χ1v) is 7.82. The van der Waals surface area contributed by atoms with E-state index in [9.17, 15) is 9.90 Å². The van der Waals surface area contributed by atoms with Crippen LogP contribution in [0.5, 0.6) is 5.75 Å². The van der Waals surface area contributed by atoms with Gasteiger partial charge in [-0.3, -0.25) is 0 Å². The number of hydrogen-bond donors (Lipinski definition) is 1. The maximum atomic E-state index is 11.5. The predicted octanol–water partition coefficient (Wildman–Crippen LogP) is 4.37. The molecule has 1 N–H and O–H groups in total. The number of benzene rings is 2. The van der Waals surface area contributed by atoms with Crippen LogP contribution in [0.25, 0.3) is 0 Å². The Balaban J connectivity index is 2.14. The second kappa shape index (κ2) is 6.86. The van der Waals surface area contributed by atoms with Crippen LogP contribution in [0.4, 0.5) is 0 Å². The SMILES string of the molecule is Cc1ccccc1C[C@H](Oc1ccc(C(C)(C)C)cc1)C(=O)O. The van der Waals surface area contributed by atoms with E-state index in [0.29, 0.717) is 12.2 Å². The highest BCUT2D eigenvalue weighted by Gasteiger charge is 2.21. The first kappa shape index (κ1) is 17.1. The zero-order valence-corrected chi connectivity index (χ0v) is 14.2. The van der Waals surface area contributed by atoms with Gasteiger partial charge in [0.2, 0.25) is 0 Å². The summed E-state index contributed by atoms with van der Waals surface area (Å²) in [5, 5.41) is 9.45. The van der Waals surface area contributed by atoms with Gasteiger partial charge >= 0.3 is 5.97 Å². The molecule has 2 aromatic carbocycles. The third kappa shape index (κ3) is 4.59. The Bertz CT molecular complexity index is 666. The maximum Gasteiger partial charge on any atom is 0.345 e. The number of carboxylic acids is 1. The van der Waals surface area contributed by atoms with Gasteiger partial charge in [0, 0.05) is 6.42 Å². The predicted molar refractivity (Wildman–Crippen MR) is 92.1 cm³/mol. The average Bonchev–Trinajstić information content (AvgIpc) is 2.48. The van der Waals surface area contributed by atoms with Gasteiger partial charge in [-0.25, -0.2) is 4.79 Å². The van der Waals surface area contributed by atoms with Crippen molar-refractivity contribution in [3.8, 4) is 5.75 Å². The Labute approximate surface area is 137 Å². The molecule has 0 aliphatic rings. The van der Waals surface area contributed by atoms with Gasteiger partial charge in [0.15, 0.2) is 6.10 Å². The molecule has 0 saturated heterocycles. The second-order valence-corrected chi connectivity index (χ2v) is 6.85. The minimum Gasteiger partial charge on any atom is -0.478 e. The lowest BCUT2D eigenvalue weighted by Gasteiger charge is -2.20. The number of carbonyl (C=O) groups is 1. The normalized spacial score (nSPS) is 12.7. The van der Waals surface area contributed by atoms with Gasteiger partial charge < -0.3 is 9.84 Å². The summed E-state index contributed by atoms with van der Waals surface area (Å²) in [6.45, 7) is 8.40. The Hall–Kier alpha value is -2.29. The summed E-state index contributed by atoms with van der Waals surface area (Å²) in [6, 6.07) is 15.4. The van der Waals surface area contributed by atoms with Gasteiger partial charge in [0.25, 0.3) is 0 Å². The van der Waals surface area contributed by atoms with Gasteiger partial charge in [-0.1, -0.05) is 57.2 Å². The van der Waals surface area contributed by atoms with Crippen molar-refractivity contribution in [3.05, 3.63) is 65.2 Å². The number of ether oxygens (including phenoxy) is 1. The standard InChI is InChI=1S/C20H24O3/c1-14-7-5-6-8-15(14)13-18(19(21)22)23-17-11-9-16(10-12-17)20(2,3)4/h5-12,18H,13H2,1-4H3,(H,21,22)/t18-/m0/s1. The van der Waals surface area contributed by atoms with Gasteiger partial charge in [0.1, 0.15) is 5.75 Å². The van der Waals surface area contributed by atoms with Crippen LogP contribution < -0.4 is 4.74 Å². The van der Waals surface area contributed by atoms with Crippen LogP contribution in [-0.2, 0) is 16.6 Å². The van der Waals surface area contributed by atoms with Crippen LogP contribution in [0.2, 0.25) is 0 Å². The summed E-state index contributed by atoms with van der Waals surface area (Å²) in [5.74, 6) is -0.368. The molecule has 0 spiro atoms. The van der Waals surface area contributed by atoms with Gasteiger partial charge in [-0.15, -0.1) is 0 Å². The van der Waals surface area contributed by atoms with E-state index in [1.807, 2.05) is 55.5 Å². The van der Waals surface area contributed by atoms with Crippen LogP contribution in [-0.4, -0.2) is 17.2 Å². The highest BCUT2D eigenvalue weighted by atomic mass is 16.5. The number of aliphatic carboxylic acids is 1. The molecule has 0 unspecified atom stereocenters. The molecule has 1 atom stereocenters. The Morgan fingerprint density at radius 2 is 1.70 bits per heavy atom. The first-order chi connectivity index (χ1) is 10.8. The number of hydrogen-bond acceptors (Lipinski definition) is 2. The van der Waals surface area contributed by atoms with Crippen molar-refractivity contribution < 1.29 is 14.6 Å². The van der Waals surface area contributed by atoms with Gasteiger partial charge in [-0.05, 0) is 41.2 Å². The molecule has 3 heteroatoms. The van der Waals surface area contributed by atoms with E-state index >= 15 is 0 Å². The van der Waals surface area contributed by atoms with Crippen LogP contribution in [0.15, 0.2) is 48.5 Å². The second-order valence-electron chi connectivity index (χ2n) is 6.85. The van der Waals surface area contributed by atoms with Crippen molar-refractivity contribution in [2.24, 2.45) is 0 Å². The zero-order chi connectivity index (χ0) is 17.0. The minimum absolute atomic E-state index is 0.0614. The van der Waals surface area contributed by atoms with Crippen molar-refractivity contribution in [2.45, 2.75) is 45.6 Å². The molecule has 0 heterocycles. The quantitative estimate of drug-likeness (QED) is 0.892. The highest BCUT2D eigenvalue weighted by Crippen LogP contribution is 2.25. The van der Waals surface area contributed by atoms with Crippen molar-refractivity contribution in [1.29, 1.82) is 0 Å². The molecule has 0 bridgehead atoms. The fourth-order valence-corrected chi connectivity index (χ4v) is 2.42. The van der Waals surface area contributed by atoms with Crippen molar-refractivity contribution >= 4 is 5.97 Å². The molecular formula is C20H24O3. The Morgan fingerprint density at radius 3 is 2.22 bits per heavy atom. The number of aryl methyl sites for hydroxylation is 1. The molecule has 0 amide bonds. The van der Waals surface area contributed by atoms with E-state index in [2.05, 4.69) is 20.8 Å². The molecule has 0 radical (unpaired) electrons. The molecule has 0 fully saturated rings. The minimum atomic E-state index is -0.951. The monoisotopic (exact) mass is 312 g/mol. The number of rotatable bonds is 5. The smallest absolute Gasteiger partial charge is 0.345 e. The molecule has 0 aromatic heterocycles. The molecular weight excluding hydrogens is 288 g/mol. The largest absolute Gasteiger partial charge is 0.478 e. The summed E-state index contributed by atoms with van der Waals surface area (Å²) >= 11 is 0. The van der Waals surface area contributed by atoms with Gasteiger partial charge in [-0.2, -0.15) is 0 Å². The zero-order valence-electron chi connectivity index (χ0n) is 14.2. The third-order valence-electron chi connectivity index (χ3n) is 3.94. The summed E-state index contributed by atoms with van der Waals surface area (Å²) in [6.07, 6.45) is -0.542. The van der Waals surface area contributed by atoms with E-state index in [1.165, 1.54) is 5.56 Å². The topological polar surface area (TPSA) is 46.5 Å². The first-order valence-electron chi connectivity index (χ1n) is 7.82. The van der Waals surface area contributed by atoms with Gasteiger partial charge in [0.05, 0.1) is 0 Å². The van der Waals surface area contributed by atoms with Crippen molar-refractivity contribution in [3.63, 3.8) is 0 Å². The number of carboxylic acid groups (broad SMARTS) is 1. The fraction of sp³-hybridized carbons (Fsp3) is 0.350. The Kier molecular flexibility index (Phi) is 5.09. The van der Waals surface area contributed by atoms with E-state index in [0.717, 1.165) is 11.1 Å². The summed E-state index contributed by atoms with van der Waals surface area (Å²) in [5.41, 5.74) is 3.32. The molecule has 3 nitrogen and oxygen atoms in total. The van der Waals surface area contributed by atoms with E-state index in [-0.39, 0.29) is 5.41 Å².